The molecule has 2 N–H and O–H groups in total. The topological polar surface area (TPSA) is 59.0 Å². The predicted octanol–water partition coefficient (Wildman–Crippen LogP) is 2.34. The maximum absolute atomic E-state index is 12.3. The fourth-order valence-corrected chi connectivity index (χ4v) is 3.19. The summed E-state index contributed by atoms with van der Waals surface area (Å²) < 4.78 is 2.03. The number of halogens is 2. The van der Waals surface area contributed by atoms with E-state index in [-0.39, 0.29) is 30.7 Å². The molecule has 1 fully saturated rings. The van der Waals surface area contributed by atoms with E-state index < -0.39 is 0 Å². The van der Waals surface area contributed by atoms with Crippen molar-refractivity contribution in [2.75, 3.05) is 19.6 Å². The summed E-state index contributed by atoms with van der Waals surface area (Å²) in [5.41, 5.74) is 2.72. The summed E-state index contributed by atoms with van der Waals surface area (Å²) >= 11 is 1.57. The average Bonchev–Trinajstić information content (AvgIpc) is 2.95. The molecular formula is C14H20Cl2N4OS. The van der Waals surface area contributed by atoms with Gasteiger partial charge in [-0.1, -0.05) is 0 Å². The van der Waals surface area contributed by atoms with Crippen LogP contribution in [0.1, 0.15) is 21.7 Å². The number of hydrogen-bond donors (Lipinski definition) is 2. The number of nitrogens with zero attached hydrogens (tertiary/aromatic N) is 2. The molecule has 2 aromatic rings. The fourth-order valence-electron chi connectivity index (χ4n) is 2.44. The highest BCUT2D eigenvalue weighted by atomic mass is 35.5. The zero-order chi connectivity index (χ0) is 14.1. The molecule has 8 heteroatoms. The third-order valence-corrected chi connectivity index (χ3v) is 4.46. The van der Waals surface area contributed by atoms with E-state index in [4.69, 9.17) is 0 Å². The Morgan fingerprint density at radius 1 is 1.45 bits per heavy atom. The summed E-state index contributed by atoms with van der Waals surface area (Å²) in [7, 11) is 0. The molecule has 0 aromatic carbocycles. The number of carbonyl (C=O) groups excluding carboxylic acids is 1. The standard InChI is InChI=1S/C14H18N4OS.2ClH/c1-9-5-12(13(19)17-8-11-6-15-7-11)10(2)18(9)14-16-3-4-20-14;;/h3-5,11,15H,6-8H2,1-2H3,(H,17,19);2*1H. The van der Waals surface area contributed by atoms with E-state index in [2.05, 4.69) is 15.6 Å². The summed E-state index contributed by atoms with van der Waals surface area (Å²) in [5, 5.41) is 9.07. The number of amides is 1. The first-order chi connectivity index (χ1) is 9.66. The minimum atomic E-state index is 0. The smallest absolute Gasteiger partial charge is 0.253 e. The molecule has 3 rings (SSSR count). The third kappa shape index (κ3) is 3.63. The first-order valence-corrected chi connectivity index (χ1v) is 7.62. The molecule has 1 saturated heterocycles. The summed E-state index contributed by atoms with van der Waals surface area (Å²) in [6, 6.07) is 1.94. The number of hydrogen-bond acceptors (Lipinski definition) is 4. The molecule has 0 bridgehead atoms. The lowest BCUT2D eigenvalue weighted by Crippen LogP contribution is -2.48. The van der Waals surface area contributed by atoms with Gasteiger partial charge in [-0.3, -0.25) is 9.36 Å². The lowest BCUT2D eigenvalue weighted by atomic mass is 10.0. The maximum atomic E-state index is 12.3. The Labute approximate surface area is 146 Å². The first kappa shape index (κ1) is 19.0. The van der Waals surface area contributed by atoms with Gasteiger partial charge in [-0.05, 0) is 19.9 Å². The molecule has 0 atom stereocenters. The van der Waals surface area contributed by atoms with Crippen LogP contribution >= 0.6 is 36.2 Å². The van der Waals surface area contributed by atoms with Gasteiger partial charge < -0.3 is 10.6 Å². The van der Waals surface area contributed by atoms with E-state index in [0.29, 0.717) is 5.92 Å². The van der Waals surface area contributed by atoms with Gasteiger partial charge in [-0.15, -0.1) is 36.2 Å². The van der Waals surface area contributed by atoms with E-state index in [1.54, 1.807) is 17.5 Å². The molecule has 0 spiro atoms. The zero-order valence-electron chi connectivity index (χ0n) is 12.5. The fraction of sp³-hybridized carbons (Fsp3) is 0.429. The van der Waals surface area contributed by atoms with Gasteiger partial charge in [0.1, 0.15) is 0 Å². The van der Waals surface area contributed by atoms with Crippen LogP contribution in [-0.2, 0) is 0 Å². The van der Waals surface area contributed by atoms with E-state index in [1.165, 1.54) is 0 Å². The molecule has 22 heavy (non-hydrogen) atoms. The van der Waals surface area contributed by atoms with Crippen molar-refractivity contribution < 1.29 is 4.79 Å². The molecule has 3 heterocycles. The molecular weight excluding hydrogens is 343 g/mol. The van der Waals surface area contributed by atoms with Crippen LogP contribution in [0.5, 0.6) is 0 Å². The first-order valence-electron chi connectivity index (χ1n) is 6.74. The van der Waals surface area contributed by atoms with E-state index >= 15 is 0 Å². The van der Waals surface area contributed by atoms with Crippen LogP contribution in [0.2, 0.25) is 0 Å². The summed E-state index contributed by atoms with van der Waals surface area (Å²) in [4.78, 5) is 16.6. The van der Waals surface area contributed by atoms with Crippen molar-refractivity contribution >= 4 is 42.1 Å². The highest BCUT2D eigenvalue weighted by Gasteiger charge is 2.20. The van der Waals surface area contributed by atoms with Crippen LogP contribution in [0.4, 0.5) is 0 Å². The maximum Gasteiger partial charge on any atom is 0.253 e. The Bertz CT molecular complexity index is 623. The molecule has 122 valence electrons. The molecule has 1 aliphatic heterocycles. The van der Waals surface area contributed by atoms with Gasteiger partial charge in [0.05, 0.1) is 5.56 Å². The SMILES string of the molecule is Cc1cc(C(=O)NCC2CNC2)c(C)n1-c1nccs1.Cl.Cl. The highest BCUT2D eigenvalue weighted by Crippen LogP contribution is 2.22. The Balaban J connectivity index is 0.00000121. The van der Waals surface area contributed by atoms with Gasteiger partial charge in [0.15, 0.2) is 5.13 Å². The number of aromatic nitrogens is 2. The van der Waals surface area contributed by atoms with Crippen LogP contribution in [0.15, 0.2) is 17.6 Å². The molecule has 0 radical (unpaired) electrons. The molecule has 2 aromatic heterocycles. The van der Waals surface area contributed by atoms with Gasteiger partial charge in [0.2, 0.25) is 0 Å². The van der Waals surface area contributed by atoms with Crippen LogP contribution in [0.3, 0.4) is 0 Å². The molecule has 1 amide bonds. The van der Waals surface area contributed by atoms with Crippen molar-refractivity contribution in [3.63, 3.8) is 0 Å². The minimum Gasteiger partial charge on any atom is -0.352 e. The lowest BCUT2D eigenvalue weighted by Gasteiger charge is -2.27. The number of carbonyl (C=O) groups is 1. The third-order valence-electron chi connectivity index (χ3n) is 3.70. The quantitative estimate of drug-likeness (QED) is 0.877. The Hall–Kier alpha value is -1.08. The largest absolute Gasteiger partial charge is 0.352 e. The average molecular weight is 363 g/mol. The second kappa shape index (κ2) is 7.97. The van der Waals surface area contributed by atoms with Gasteiger partial charge in [-0.2, -0.15) is 0 Å². The predicted molar refractivity (Wildman–Crippen MR) is 94.1 cm³/mol. The normalized spacial score (nSPS) is 13.7. The number of nitrogens with one attached hydrogen (secondary N) is 2. The van der Waals surface area contributed by atoms with Gasteiger partial charge in [-0.25, -0.2) is 4.98 Å². The van der Waals surface area contributed by atoms with Crippen molar-refractivity contribution in [3.8, 4) is 5.13 Å². The monoisotopic (exact) mass is 362 g/mol. The van der Waals surface area contributed by atoms with E-state index in [9.17, 15) is 4.79 Å². The molecule has 0 saturated carbocycles. The van der Waals surface area contributed by atoms with Crippen molar-refractivity contribution in [2.45, 2.75) is 13.8 Å². The Kier molecular flexibility index (Phi) is 6.87. The zero-order valence-corrected chi connectivity index (χ0v) is 14.9. The van der Waals surface area contributed by atoms with Crippen molar-refractivity contribution in [2.24, 2.45) is 5.92 Å². The minimum absolute atomic E-state index is 0. The van der Waals surface area contributed by atoms with Crippen molar-refractivity contribution in [1.82, 2.24) is 20.2 Å². The summed E-state index contributed by atoms with van der Waals surface area (Å²) in [6.07, 6.45) is 1.78. The van der Waals surface area contributed by atoms with Crippen LogP contribution in [0.25, 0.3) is 5.13 Å². The Morgan fingerprint density at radius 2 is 2.18 bits per heavy atom. The van der Waals surface area contributed by atoms with Crippen molar-refractivity contribution in [3.05, 3.63) is 34.6 Å². The van der Waals surface area contributed by atoms with Gasteiger partial charge >= 0.3 is 0 Å². The molecule has 1 aliphatic rings. The summed E-state index contributed by atoms with van der Waals surface area (Å²) in [5.74, 6) is 0.578. The van der Waals surface area contributed by atoms with Crippen LogP contribution in [-0.4, -0.2) is 35.1 Å². The van der Waals surface area contributed by atoms with Gasteiger partial charge in [0.25, 0.3) is 5.91 Å². The van der Waals surface area contributed by atoms with E-state index in [0.717, 1.165) is 41.7 Å². The molecule has 0 unspecified atom stereocenters. The van der Waals surface area contributed by atoms with Gasteiger partial charge in [0, 0.05) is 48.5 Å². The Morgan fingerprint density at radius 3 is 2.73 bits per heavy atom. The van der Waals surface area contributed by atoms with Crippen molar-refractivity contribution in [1.29, 1.82) is 0 Å². The second-order valence-electron chi connectivity index (χ2n) is 5.17. The number of rotatable bonds is 4. The number of thiazole rings is 1. The van der Waals surface area contributed by atoms with E-state index in [1.807, 2.05) is 29.9 Å². The van der Waals surface area contributed by atoms with Crippen LogP contribution in [0, 0.1) is 19.8 Å². The summed E-state index contributed by atoms with van der Waals surface area (Å²) in [6.45, 7) is 6.71. The highest BCUT2D eigenvalue weighted by molar-refractivity contribution is 7.12. The second-order valence-corrected chi connectivity index (χ2v) is 6.04. The molecule has 5 nitrogen and oxygen atoms in total. The lowest BCUT2D eigenvalue weighted by molar-refractivity contribution is 0.0941. The van der Waals surface area contributed by atoms with Crippen LogP contribution < -0.4 is 10.6 Å². The molecule has 0 aliphatic carbocycles. The number of aryl methyl sites for hydroxylation is 1.